The highest BCUT2D eigenvalue weighted by Crippen LogP contribution is 2.20. The van der Waals surface area contributed by atoms with Crippen LogP contribution in [-0.2, 0) is 7.05 Å². The van der Waals surface area contributed by atoms with E-state index in [1.165, 1.54) is 16.8 Å². The molecule has 1 aromatic carbocycles. The number of nitrogens with zero attached hydrogens (tertiary/aromatic N) is 3. The number of carbonyl (C=O) groups is 1. The monoisotopic (exact) mass is 192 g/mol. The van der Waals surface area contributed by atoms with Gasteiger partial charge >= 0.3 is 5.97 Å². The van der Waals surface area contributed by atoms with Crippen molar-refractivity contribution in [3.8, 4) is 0 Å². The van der Waals surface area contributed by atoms with Crippen LogP contribution >= 0.6 is 0 Å². The molecule has 0 bridgehead atoms. The number of aryl methyl sites for hydroxylation is 1. The molecule has 2 rings (SSSR count). The van der Waals surface area contributed by atoms with Gasteiger partial charge in [0.15, 0.2) is 0 Å². The van der Waals surface area contributed by atoms with E-state index in [1.54, 1.807) is 7.05 Å². The number of carboxylic acids is 1. The summed E-state index contributed by atoms with van der Waals surface area (Å²) in [6, 6.07) is 2.87. The highest BCUT2D eigenvalue weighted by atomic mass is 16.4. The van der Waals surface area contributed by atoms with Gasteiger partial charge in [0.2, 0.25) is 0 Å². The van der Waals surface area contributed by atoms with E-state index in [0.717, 1.165) is 0 Å². The van der Waals surface area contributed by atoms with Gasteiger partial charge in [-0.15, -0.1) is 5.10 Å². The Kier molecular flexibility index (Phi) is 1.63. The molecule has 0 amide bonds. The van der Waals surface area contributed by atoms with Gasteiger partial charge in [0, 0.05) is 7.05 Å². The number of rotatable bonds is 1. The number of benzene rings is 1. The van der Waals surface area contributed by atoms with Crippen LogP contribution < -0.4 is 5.73 Å². The quantitative estimate of drug-likeness (QED) is 0.631. The lowest BCUT2D eigenvalue weighted by atomic mass is 10.1. The minimum absolute atomic E-state index is 0.139. The highest BCUT2D eigenvalue weighted by molar-refractivity contribution is 5.97. The average Bonchev–Trinajstić information content (AvgIpc) is 2.48. The van der Waals surface area contributed by atoms with Crippen LogP contribution in [0.1, 0.15) is 10.4 Å². The van der Waals surface area contributed by atoms with E-state index in [-0.39, 0.29) is 5.56 Å². The Labute approximate surface area is 78.9 Å². The zero-order chi connectivity index (χ0) is 10.3. The molecule has 0 saturated carbocycles. The number of hydrogen-bond donors (Lipinski definition) is 2. The van der Waals surface area contributed by atoms with Crippen molar-refractivity contribution in [1.29, 1.82) is 0 Å². The highest BCUT2D eigenvalue weighted by Gasteiger charge is 2.10. The zero-order valence-corrected chi connectivity index (χ0v) is 7.43. The summed E-state index contributed by atoms with van der Waals surface area (Å²) in [6.45, 7) is 0. The molecule has 0 saturated heterocycles. The van der Waals surface area contributed by atoms with E-state index < -0.39 is 5.97 Å². The lowest BCUT2D eigenvalue weighted by molar-refractivity contribution is 0.0697. The van der Waals surface area contributed by atoms with Crippen LogP contribution in [0.3, 0.4) is 0 Å². The zero-order valence-electron chi connectivity index (χ0n) is 7.43. The Morgan fingerprint density at radius 3 is 2.93 bits per heavy atom. The first-order valence-corrected chi connectivity index (χ1v) is 3.92. The second kappa shape index (κ2) is 2.69. The molecule has 0 spiro atoms. The van der Waals surface area contributed by atoms with E-state index in [0.29, 0.717) is 16.7 Å². The summed E-state index contributed by atoms with van der Waals surface area (Å²) >= 11 is 0. The van der Waals surface area contributed by atoms with Crippen LogP contribution in [0.25, 0.3) is 11.0 Å². The van der Waals surface area contributed by atoms with Crippen molar-refractivity contribution in [2.45, 2.75) is 0 Å². The third-order valence-corrected chi connectivity index (χ3v) is 1.99. The van der Waals surface area contributed by atoms with Crippen molar-refractivity contribution in [1.82, 2.24) is 15.0 Å². The summed E-state index contributed by atoms with van der Waals surface area (Å²) in [5, 5.41) is 16.4. The third-order valence-electron chi connectivity index (χ3n) is 1.99. The summed E-state index contributed by atoms with van der Waals surface area (Å²) < 4.78 is 1.48. The van der Waals surface area contributed by atoms with E-state index in [2.05, 4.69) is 10.3 Å². The number of nitrogens with two attached hydrogens (primary N) is 1. The predicted molar refractivity (Wildman–Crippen MR) is 49.9 cm³/mol. The second-order valence-electron chi connectivity index (χ2n) is 2.95. The number of hydrogen-bond acceptors (Lipinski definition) is 4. The molecule has 2 aromatic rings. The number of nitrogen functional groups attached to an aromatic ring is 1. The largest absolute Gasteiger partial charge is 0.478 e. The molecule has 0 aliphatic carbocycles. The van der Waals surface area contributed by atoms with Crippen LogP contribution in [0.4, 0.5) is 5.69 Å². The fourth-order valence-electron chi connectivity index (χ4n) is 1.28. The van der Waals surface area contributed by atoms with Crippen LogP contribution in [0.2, 0.25) is 0 Å². The van der Waals surface area contributed by atoms with E-state index >= 15 is 0 Å². The van der Waals surface area contributed by atoms with Gasteiger partial charge in [-0.1, -0.05) is 5.21 Å². The summed E-state index contributed by atoms with van der Waals surface area (Å²) in [6.07, 6.45) is 0. The Balaban J connectivity index is 2.82. The van der Waals surface area contributed by atoms with E-state index in [4.69, 9.17) is 10.8 Å². The lowest BCUT2D eigenvalue weighted by Gasteiger charge is -1.98. The van der Waals surface area contributed by atoms with Gasteiger partial charge in [-0.2, -0.15) is 0 Å². The van der Waals surface area contributed by atoms with Gasteiger partial charge in [-0.25, -0.2) is 9.48 Å². The SMILES string of the molecule is Cn1nnc2c(N)cc(C(=O)O)cc21. The van der Waals surface area contributed by atoms with Crippen molar-refractivity contribution >= 4 is 22.7 Å². The van der Waals surface area contributed by atoms with Crippen LogP contribution in [-0.4, -0.2) is 26.1 Å². The van der Waals surface area contributed by atoms with Crippen LogP contribution in [0, 0.1) is 0 Å². The molecule has 0 radical (unpaired) electrons. The standard InChI is InChI=1S/C8H8N4O2/c1-12-6-3-4(8(13)14)2-5(9)7(6)10-11-12/h2-3H,9H2,1H3,(H,13,14). The summed E-state index contributed by atoms with van der Waals surface area (Å²) in [5.41, 5.74) is 7.23. The molecule has 6 heteroatoms. The molecule has 72 valence electrons. The maximum absolute atomic E-state index is 10.7. The maximum Gasteiger partial charge on any atom is 0.335 e. The Morgan fingerprint density at radius 1 is 1.57 bits per heavy atom. The molecule has 0 unspecified atom stereocenters. The summed E-state index contributed by atoms with van der Waals surface area (Å²) in [4.78, 5) is 10.7. The first-order chi connectivity index (χ1) is 6.59. The third kappa shape index (κ3) is 1.08. The molecule has 6 nitrogen and oxygen atoms in total. The number of carboxylic acid groups (broad SMARTS) is 1. The molecule has 3 N–H and O–H groups in total. The van der Waals surface area contributed by atoms with Crippen molar-refractivity contribution in [2.75, 3.05) is 5.73 Å². The van der Waals surface area contributed by atoms with E-state index in [9.17, 15) is 4.79 Å². The van der Waals surface area contributed by atoms with Gasteiger partial charge in [0.05, 0.1) is 16.8 Å². The Hall–Kier alpha value is -2.11. The first-order valence-electron chi connectivity index (χ1n) is 3.92. The second-order valence-corrected chi connectivity index (χ2v) is 2.95. The smallest absolute Gasteiger partial charge is 0.335 e. The van der Waals surface area contributed by atoms with Gasteiger partial charge in [-0.3, -0.25) is 0 Å². The molecule has 0 atom stereocenters. The number of anilines is 1. The number of fused-ring (bicyclic) bond motifs is 1. The molecule has 0 aliphatic rings. The molecule has 1 heterocycles. The lowest BCUT2D eigenvalue weighted by Crippen LogP contribution is -1.99. The van der Waals surface area contributed by atoms with Gasteiger partial charge < -0.3 is 10.8 Å². The van der Waals surface area contributed by atoms with Crippen LogP contribution in [0.15, 0.2) is 12.1 Å². The number of aromatic carboxylic acids is 1. The predicted octanol–water partition coefficient (Wildman–Crippen LogP) is 0.249. The maximum atomic E-state index is 10.7. The molecule has 14 heavy (non-hydrogen) atoms. The van der Waals surface area contributed by atoms with Crippen molar-refractivity contribution in [2.24, 2.45) is 7.05 Å². The molecular weight excluding hydrogens is 184 g/mol. The normalized spacial score (nSPS) is 10.6. The molecule has 1 aromatic heterocycles. The topological polar surface area (TPSA) is 94.0 Å². The fourth-order valence-corrected chi connectivity index (χ4v) is 1.28. The molecule has 0 aliphatic heterocycles. The van der Waals surface area contributed by atoms with Gasteiger partial charge in [0.1, 0.15) is 5.52 Å². The van der Waals surface area contributed by atoms with Gasteiger partial charge in [0.25, 0.3) is 0 Å². The van der Waals surface area contributed by atoms with Crippen LogP contribution in [0.5, 0.6) is 0 Å². The fraction of sp³-hybridized carbons (Fsp3) is 0.125. The summed E-state index contributed by atoms with van der Waals surface area (Å²) in [7, 11) is 1.68. The first kappa shape index (κ1) is 8.49. The minimum atomic E-state index is -1.01. The van der Waals surface area contributed by atoms with Crippen molar-refractivity contribution in [3.05, 3.63) is 17.7 Å². The molecular formula is C8H8N4O2. The molecule has 0 fully saturated rings. The minimum Gasteiger partial charge on any atom is -0.478 e. The summed E-state index contributed by atoms with van der Waals surface area (Å²) in [5.74, 6) is -1.01. The van der Waals surface area contributed by atoms with Crippen molar-refractivity contribution in [3.63, 3.8) is 0 Å². The average molecular weight is 192 g/mol. The van der Waals surface area contributed by atoms with E-state index in [1.807, 2.05) is 0 Å². The Bertz CT molecular complexity index is 517. The number of aromatic nitrogens is 3. The van der Waals surface area contributed by atoms with Crippen molar-refractivity contribution < 1.29 is 9.90 Å². The van der Waals surface area contributed by atoms with Gasteiger partial charge in [-0.05, 0) is 12.1 Å². The Morgan fingerprint density at radius 2 is 2.29 bits per heavy atom.